The molecular formula is C50H54N6O14. The number of nitrogens with one attached hydrogen (secondary N) is 2. The number of nitrogens with zero attached hydrogens (tertiary/aromatic N) is 4. The Morgan fingerprint density at radius 3 is 1.77 bits per heavy atom. The number of rotatable bonds is 19. The van der Waals surface area contributed by atoms with Crippen LogP contribution in [0.25, 0.3) is 0 Å². The Balaban J connectivity index is 0.000000174. The monoisotopic (exact) mass is 962 g/mol. The summed E-state index contributed by atoms with van der Waals surface area (Å²) in [5, 5.41) is 10.5. The van der Waals surface area contributed by atoms with Crippen molar-refractivity contribution in [2.75, 3.05) is 70.3 Å². The molecule has 10 rings (SSSR count). The summed E-state index contributed by atoms with van der Waals surface area (Å²) in [5.74, 6) is 6.09. The second-order valence-electron chi connectivity index (χ2n) is 16.5. The first-order chi connectivity index (χ1) is 34.3. The van der Waals surface area contributed by atoms with Gasteiger partial charge < -0.3 is 62.3 Å². The summed E-state index contributed by atoms with van der Waals surface area (Å²) >= 11 is 0. The van der Waals surface area contributed by atoms with Gasteiger partial charge in [0.15, 0.2) is 46.1 Å². The molecule has 0 fully saturated rings. The number of anilines is 2. The number of hydrogen-bond donors (Lipinski definition) is 2. The lowest BCUT2D eigenvalue weighted by molar-refractivity contribution is -0.144. The Kier molecular flexibility index (Phi) is 15.1. The van der Waals surface area contributed by atoms with Crippen molar-refractivity contribution in [1.82, 2.24) is 19.9 Å². The average molecular weight is 963 g/mol. The van der Waals surface area contributed by atoms with Gasteiger partial charge in [0.05, 0.1) is 52.3 Å². The van der Waals surface area contributed by atoms with Gasteiger partial charge in [0.2, 0.25) is 13.6 Å². The summed E-state index contributed by atoms with van der Waals surface area (Å²) in [6, 6.07) is 22.1. The molecule has 4 aromatic heterocycles. The minimum absolute atomic E-state index is 0.149. The molecule has 70 heavy (non-hydrogen) atoms. The lowest BCUT2D eigenvalue weighted by Gasteiger charge is -2.18. The van der Waals surface area contributed by atoms with Crippen LogP contribution >= 0.6 is 0 Å². The molecule has 8 heterocycles. The zero-order valence-corrected chi connectivity index (χ0v) is 38.9. The van der Waals surface area contributed by atoms with Crippen molar-refractivity contribution in [2.45, 2.75) is 70.8 Å². The highest BCUT2D eigenvalue weighted by molar-refractivity contribution is 5.71. The van der Waals surface area contributed by atoms with Crippen LogP contribution in [0.4, 0.5) is 11.6 Å². The molecule has 0 bridgehead atoms. The van der Waals surface area contributed by atoms with E-state index in [0.717, 1.165) is 46.4 Å². The van der Waals surface area contributed by atoms with E-state index < -0.39 is 0 Å². The predicted octanol–water partition coefficient (Wildman–Crippen LogP) is 6.40. The van der Waals surface area contributed by atoms with Crippen LogP contribution in [0, 0.1) is 0 Å². The average Bonchev–Trinajstić information content (AvgIpc) is 4.21. The number of ether oxygens (including phenoxy) is 9. The molecule has 6 aromatic rings. The van der Waals surface area contributed by atoms with Crippen LogP contribution in [0.3, 0.4) is 0 Å². The Hall–Kier alpha value is -7.90. The molecule has 2 atom stereocenters. The highest BCUT2D eigenvalue weighted by Gasteiger charge is 2.26. The van der Waals surface area contributed by atoms with E-state index in [9.17, 15) is 14.4 Å². The quantitative estimate of drug-likeness (QED) is 0.0838. The van der Waals surface area contributed by atoms with Gasteiger partial charge in [-0.2, -0.15) is 4.74 Å². The Labute approximate surface area is 402 Å². The summed E-state index contributed by atoms with van der Waals surface area (Å²) in [4.78, 5) is 46.3. The number of fused-ring (bicyclic) bond motifs is 4. The molecule has 368 valence electrons. The number of aromatic nitrogens is 4. The van der Waals surface area contributed by atoms with Crippen molar-refractivity contribution in [3.8, 4) is 40.4 Å². The largest absolute Gasteiger partial charge is 0.488 e. The molecular weight excluding hydrogens is 909 g/mol. The topological polar surface area (TPSA) is 228 Å². The van der Waals surface area contributed by atoms with Gasteiger partial charge >= 0.3 is 11.9 Å². The first-order valence-electron chi connectivity index (χ1n) is 23.4. The maximum atomic E-state index is 12.6. The van der Waals surface area contributed by atoms with E-state index in [1.54, 1.807) is 19.9 Å². The first kappa shape index (κ1) is 47.2. The molecule has 0 amide bonds. The zero-order valence-electron chi connectivity index (χ0n) is 38.9. The maximum Gasteiger partial charge on any atom is 0.306 e. The summed E-state index contributed by atoms with van der Waals surface area (Å²) < 4.78 is 61.7. The van der Waals surface area contributed by atoms with Gasteiger partial charge in [-0.1, -0.05) is 12.1 Å². The van der Waals surface area contributed by atoms with Gasteiger partial charge in [-0.05, 0) is 78.7 Å². The smallest absolute Gasteiger partial charge is 0.306 e. The highest BCUT2D eigenvalue weighted by Crippen LogP contribution is 2.38. The number of pyridine rings is 2. The molecule has 20 nitrogen and oxygen atoms in total. The normalized spacial score (nSPS) is 14.5. The number of esters is 2. The van der Waals surface area contributed by atoms with E-state index in [4.69, 9.17) is 51.7 Å². The summed E-state index contributed by atoms with van der Waals surface area (Å²) in [6.07, 6.45) is 2.30. The third-order valence-corrected chi connectivity index (χ3v) is 11.7. The first-order valence-corrected chi connectivity index (χ1v) is 23.4. The third kappa shape index (κ3) is 12.0. The summed E-state index contributed by atoms with van der Waals surface area (Å²) in [6.45, 7) is 7.99. The fourth-order valence-electron chi connectivity index (χ4n) is 8.29. The summed E-state index contributed by atoms with van der Waals surface area (Å²) in [7, 11) is 0. The molecule has 2 unspecified atom stereocenters. The van der Waals surface area contributed by atoms with Crippen LogP contribution in [0.15, 0.2) is 86.6 Å². The lowest BCUT2D eigenvalue weighted by Crippen LogP contribution is -2.20. The molecule has 0 spiro atoms. The number of carbonyl (C=O) groups is 2. The molecule has 4 aliphatic heterocycles. The second-order valence-corrected chi connectivity index (χ2v) is 16.5. The van der Waals surface area contributed by atoms with Gasteiger partial charge in [0.1, 0.15) is 24.7 Å². The van der Waals surface area contributed by atoms with Crippen LogP contribution in [0.1, 0.15) is 72.6 Å². The highest BCUT2D eigenvalue weighted by atomic mass is 16.7. The molecule has 4 aliphatic rings. The molecule has 2 aromatic carbocycles. The zero-order chi connectivity index (χ0) is 48.2. The maximum absolute atomic E-state index is 12.6. The van der Waals surface area contributed by atoms with E-state index in [1.165, 1.54) is 10.8 Å². The van der Waals surface area contributed by atoms with Crippen LogP contribution < -0.4 is 49.4 Å². The van der Waals surface area contributed by atoms with Gasteiger partial charge in [0, 0.05) is 61.0 Å². The number of carbonyl (C=O) groups excluding carboxylic acids is 2. The minimum atomic E-state index is -0.312. The molecule has 0 saturated heterocycles. The third-order valence-electron chi connectivity index (χ3n) is 11.7. The Morgan fingerprint density at radius 2 is 1.19 bits per heavy atom. The number of aryl methyl sites for hydroxylation is 2. The lowest BCUT2D eigenvalue weighted by atomic mass is 9.91. The van der Waals surface area contributed by atoms with Crippen molar-refractivity contribution in [2.24, 2.45) is 0 Å². The van der Waals surface area contributed by atoms with Crippen molar-refractivity contribution >= 4 is 23.6 Å². The minimum Gasteiger partial charge on any atom is -0.488 e. The number of benzene rings is 2. The number of hydrogen-bond acceptors (Lipinski definition) is 19. The van der Waals surface area contributed by atoms with Gasteiger partial charge in [-0.25, -0.2) is 9.97 Å². The van der Waals surface area contributed by atoms with Crippen LogP contribution in [0.2, 0.25) is 0 Å². The van der Waals surface area contributed by atoms with E-state index in [0.29, 0.717) is 118 Å². The molecule has 0 saturated carbocycles. The Morgan fingerprint density at radius 1 is 0.643 bits per heavy atom. The van der Waals surface area contributed by atoms with Crippen molar-refractivity contribution in [3.63, 3.8) is 0 Å². The van der Waals surface area contributed by atoms with Gasteiger partial charge in [-0.15, -0.1) is 0 Å². The Bertz CT molecular complexity index is 2820. The van der Waals surface area contributed by atoms with E-state index in [-0.39, 0.29) is 55.8 Å². The van der Waals surface area contributed by atoms with Crippen LogP contribution in [-0.4, -0.2) is 91.5 Å². The van der Waals surface area contributed by atoms with Crippen molar-refractivity contribution in [1.29, 1.82) is 0 Å². The van der Waals surface area contributed by atoms with Crippen LogP contribution in [0.5, 0.6) is 40.4 Å². The van der Waals surface area contributed by atoms with E-state index >= 15 is 0 Å². The molecule has 0 radical (unpaired) electrons. The van der Waals surface area contributed by atoms with Crippen molar-refractivity contribution in [3.05, 3.63) is 117 Å². The second kappa shape index (κ2) is 22.5. The fraction of sp³-hybridized carbons (Fsp3) is 0.400. The van der Waals surface area contributed by atoms with E-state index in [1.807, 2.05) is 60.7 Å². The SMILES string of the molecule is CCOC(=O)CC(Cc1cc(=O)n(CCc2ccc3c(n2)NCCO3)o1)c1ccc2c(c1)OCO2.CCOC(=O)CC(Cc1cc(OCCc2ccc3c(n2)NCCO3)no1)c1ccc2c(c1)OCO2. The standard InChI is InChI=1S/2C25H27N3O7/c1-2-30-24(29)13-17(16-3-5-20-22(12-16)34-15-33-20)11-19-14-23(28-35-19)32-9-7-18-4-6-21-25(27-18)26-8-10-31-21;1-2-31-24(30)13-17(16-3-5-20-22(12-16)34-15-33-20)11-19-14-23(29)28(35-19)9-7-18-4-6-21-25(27-18)26-8-10-32-21/h2*3-6,12,14,17H,2,7-11,13,15H2,1H3,(H,26,27). The molecule has 0 aliphatic carbocycles. The van der Waals surface area contributed by atoms with E-state index in [2.05, 4.69) is 25.8 Å². The fourth-order valence-corrected chi connectivity index (χ4v) is 8.29. The molecule has 2 N–H and O–H groups in total. The summed E-state index contributed by atoms with van der Waals surface area (Å²) in [5.41, 5.74) is 3.29. The molecule has 20 heteroatoms. The van der Waals surface area contributed by atoms with Crippen molar-refractivity contribution < 1.29 is 61.3 Å². The van der Waals surface area contributed by atoms with Gasteiger partial charge in [-0.3, -0.25) is 14.4 Å². The van der Waals surface area contributed by atoms with Gasteiger partial charge in [0.25, 0.3) is 11.4 Å². The van der Waals surface area contributed by atoms with Crippen LogP contribution in [-0.2, 0) is 51.3 Å². The predicted molar refractivity (Wildman–Crippen MR) is 249 cm³/mol.